The maximum atomic E-state index is 11.6. The Balaban J connectivity index is 0.000000171. The lowest BCUT2D eigenvalue weighted by molar-refractivity contribution is -0.385. The van der Waals surface area contributed by atoms with Gasteiger partial charge in [-0.05, 0) is 26.0 Å². The fourth-order valence-electron chi connectivity index (χ4n) is 3.16. The van der Waals surface area contributed by atoms with Crippen LogP contribution in [0.1, 0.15) is 47.4 Å². The molecular formula is C20H18N2O8. The van der Waals surface area contributed by atoms with Crippen LogP contribution >= 0.6 is 0 Å². The first-order valence-electron chi connectivity index (χ1n) is 9.12. The van der Waals surface area contributed by atoms with Crippen molar-refractivity contribution in [2.24, 2.45) is 0 Å². The lowest BCUT2D eigenvalue weighted by Gasteiger charge is -2.21. The highest BCUT2D eigenvalue weighted by Gasteiger charge is 2.26. The molecule has 2 aliphatic heterocycles. The molecule has 156 valence electrons. The highest BCUT2D eigenvalue weighted by atomic mass is 16.6. The van der Waals surface area contributed by atoms with Crippen molar-refractivity contribution in [1.29, 1.82) is 0 Å². The molecule has 0 fully saturated rings. The molecule has 0 bridgehead atoms. The zero-order chi connectivity index (χ0) is 22.0. The van der Waals surface area contributed by atoms with Gasteiger partial charge < -0.3 is 9.47 Å². The van der Waals surface area contributed by atoms with Crippen molar-refractivity contribution >= 4 is 22.9 Å². The second-order valence-corrected chi connectivity index (χ2v) is 6.99. The molecule has 0 saturated heterocycles. The van der Waals surface area contributed by atoms with E-state index in [0.717, 1.165) is 0 Å². The van der Waals surface area contributed by atoms with Crippen LogP contribution in [0.15, 0.2) is 36.4 Å². The standard InChI is InChI=1S/2C10H9NO4/c2*1-6-4-9(12)8-5-7(11(13)14)2-3-10(8)15-6/h2*2-3,5-6H,4H2,1H3. The number of nitro groups is 2. The Hall–Kier alpha value is -3.82. The Kier molecular flexibility index (Phi) is 5.77. The summed E-state index contributed by atoms with van der Waals surface area (Å²) in [6.45, 7) is 3.59. The maximum absolute atomic E-state index is 11.6. The molecule has 0 amide bonds. The summed E-state index contributed by atoms with van der Waals surface area (Å²) in [5, 5.41) is 21.0. The van der Waals surface area contributed by atoms with Crippen LogP contribution in [0.3, 0.4) is 0 Å². The van der Waals surface area contributed by atoms with Crippen molar-refractivity contribution in [3.63, 3.8) is 0 Å². The number of hydrogen-bond donors (Lipinski definition) is 0. The van der Waals surface area contributed by atoms with Crippen LogP contribution in [-0.2, 0) is 0 Å². The third kappa shape index (κ3) is 4.43. The third-order valence-electron chi connectivity index (χ3n) is 4.55. The number of nitro benzene ring substituents is 2. The van der Waals surface area contributed by atoms with Gasteiger partial charge >= 0.3 is 0 Å². The molecule has 0 N–H and O–H groups in total. The Bertz CT molecular complexity index is 966. The van der Waals surface area contributed by atoms with E-state index in [-0.39, 0.29) is 48.0 Å². The summed E-state index contributed by atoms with van der Waals surface area (Å²) in [5.41, 5.74) is 0.449. The van der Waals surface area contributed by atoms with Gasteiger partial charge in [0.15, 0.2) is 11.6 Å². The van der Waals surface area contributed by atoms with E-state index in [1.54, 1.807) is 13.8 Å². The average Bonchev–Trinajstić information content (AvgIpc) is 2.67. The average molecular weight is 414 g/mol. The van der Waals surface area contributed by atoms with Gasteiger partial charge in [-0.15, -0.1) is 0 Å². The van der Waals surface area contributed by atoms with Crippen molar-refractivity contribution < 1.29 is 28.9 Å². The molecule has 2 aliphatic rings. The SMILES string of the molecule is CC1CC(=O)c2cc([N+](=O)[O-])ccc2O1.CC1CC(=O)c2cc([N+](=O)[O-])ccc2O1. The summed E-state index contributed by atoms with van der Waals surface area (Å²) >= 11 is 0. The fourth-order valence-corrected chi connectivity index (χ4v) is 3.16. The smallest absolute Gasteiger partial charge is 0.270 e. The van der Waals surface area contributed by atoms with Crippen LogP contribution in [0, 0.1) is 20.2 Å². The molecule has 2 aromatic carbocycles. The lowest BCUT2D eigenvalue weighted by atomic mass is 10.0. The number of Topliss-reactive ketones (excluding diaryl/α,β-unsaturated/α-hetero) is 2. The van der Waals surface area contributed by atoms with Crippen molar-refractivity contribution in [1.82, 2.24) is 0 Å². The molecule has 2 aromatic rings. The van der Waals surface area contributed by atoms with Gasteiger partial charge in [0.05, 0.1) is 21.0 Å². The number of fused-ring (bicyclic) bond motifs is 2. The van der Waals surface area contributed by atoms with Crippen molar-refractivity contribution in [3.05, 3.63) is 67.8 Å². The number of carbonyl (C=O) groups is 2. The van der Waals surface area contributed by atoms with Crippen molar-refractivity contribution in [2.75, 3.05) is 0 Å². The molecule has 0 spiro atoms. The van der Waals surface area contributed by atoms with E-state index in [9.17, 15) is 29.8 Å². The van der Waals surface area contributed by atoms with E-state index in [4.69, 9.17) is 9.47 Å². The van der Waals surface area contributed by atoms with Gasteiger partial charge in [0.1, 0.15) is 23.7 Å². The largest absolute Gasteiger partial charge is 0.489 e. The first-order valence-corrected chi connectivity index (χ1v) is 9.12. The molecule has 0 radical (unpaired) electrons. The molecule has 2 unspecified atom stereocenters. The number of hydrogen-bond acceptors (Lipinski definition) is 8. The van der Waals surface area contributed by atoms with E-state index in [1.807, 2.05) is 0 Å². The second-order valence-electron chi connectivity index (χ2n) is 6.99. The van der Waals surface area contributed by atoms with Crippen molar-refractivity contribution in [2.45, 2.75) is 38.9 Å². The second kappa shape index (κ2) is 8.27. The number of ether oxygens (including phenoxy) is 2. The molecule has 10 heteroatoms. The molecule has 10 nitrogen and oxygen atoms in total. The number of non-ortho nitro benzene ring substituents is 2. The Morgan fingerprint density at radius 3 is 1.47 bits per heavy atom. The maximum Gasteiger partial charge on any atom is 0.270 e. The van der Waals surface area contributed by atoms with Crippen LogP contribution in [0.25, 0.3) is 0 Å². The highest BCUT2D eigenvalue weighted by Crippen LogP contribution is 2.31. The van der Waals surface area contributed by atoms with Crippen LogP contribution in [0.2, 0.25) is 0 Å². The van der Waals surface area contributed by atoms with Gasteiger partial charge in [-0.2, -0.15) is 0 Å². The third-order valence-corrected chi connectivity index (χ3v) is 4.55. The summed E-state index contributed by atoms with van der Waals surface area (Å²) in [4.78, 5) is 43.1. The van der Waals surface area contributed by atoms with Crippen LogP contribution in [-0.4, -0.2) is 33.6 Å². The zero-order valence-corrected chi connectivity index (χ0v) is 16.2. The van der Waals surface area contributed by atoms with Crippen LogP contribution in [0.5, 0.6) is 11.5 Å². The minimum atomic E-state index is -0.522. The first kappa shape index (κ1) is 20.9. The molecule has 0 saturated carbocycles. The number of carbonyl (C=O) groups excluding carboxylic acids is 2. The summed E-state index contributed by atoms with van der Waals surface area (Å²) in [7, 11) is 0. The Morgan fingerprint density at radius 1 is 0.767 bits per heavy atom. The van der Waals surface area contributed by atoms with Gasteiger partial charge in [-0.3, -0.25) is 29.8 Å². The molecule has 4 rings (SSSR count). The van der Waals surface area contributed by atoms with Crippen LogP contribution in [0.4, 0.5) is 11.4 Å². The van der Waals surface area contributed by atoms with E-state index in [1.165, 1.54) is 36.4 Å². The summed E-state index contributed by atoms with van der Waals surface area (Å²) in [5.74, 6) is 0.661. The van der Waals surface area contributed by atoms with Gasteiger partial charge in [0, 0.05) is 37.1 Å². The summed E-state index contributed by atoms with van der Waals surface area (Å²) < 4.78 is 10.8. The van der Waals surface area contributed by atoms with Gasteiger partial charge in [0.2, 0.25) is 0 Å². The lowest BCUT2D eigenvalue weighted by Crippen LogP contribution is -2.23. The minimum absolute atomic E-state index is 0.0831. The predicted molar refractivity (Wildman–Crippen MR) is 104 cm³/mol. The highest BCUT2D eigenvalue weighted by molar-refractivity contribution is 6.01. The van der Waals surface area contributed by atoms with Gasteiger partial charge in [-0.25, -0.2) is 0 Å². The van der Waals surface area contributed by atoms with E-state index in [0.29, 0.717) is 22.6 Å². The van der Waals surface area contributed by atoms with E-state index >= 15 is 0 Å². The van der Waals surface area contributed by atoms with Crippen molar-refractivity contribution in [3.8, 4) is 11.5 Å². The molecule has 0 aromatic heterocycles. The first-order chi connectivity index (χ1) is 14.2. The van der Waals surface area contributed by atoms with E-state index < -0.39 is 9.85 Å². The van der Waals surface area contributed by atoms with Crippen LogP contribution < -0.4 is 9.47 Å². The summed E-state index contributed by atoms with van der Waals surface area (Å²) in [6.07, 6.45) is 0.223. The fraction of sp³-hybridized carbons (Fsp3) is 0.300. The Morgan fingerprint density at radius 2 is 1.13 bits per heavy atom. The quantitative estimate of drug-likeness (QED) is 0.532. The molecule has 2 heterocycles. The normalized spacial score (nSPS) is 19.3. The number of benzene rings is 2. The molecular weight excluding hydrogens is 396 g/mol. The predicted octanol–water partition coefficient (Wildman–Crippen LogP) is 3.90. The summed E-state index contributed by atoms with van der Waals surface area (Å²) in [6, 6.07) is 8.16. The number of rotatable bonds is 2. The van der Waals surface area contributed by atoms with E-state index in [2.05, 4.69) is 0 Å². The number of ketones is 2. The molecule has 0 aliphatic carbocycles. The Labute approximate surface area is 170 Å². The molecule has 2 atom stereocenters. The minimum Gasteiger partial charge on any atom is -0.489 e. The van der Waals surface area contributed by atoms with Gasteiger partial charge in [-0.1, -0.05) is 0 Å². The monoisotopic (exact) mass is 414 g/mol. The molecule has 30 heavy (non-hydrogen) atoms. The topological polar surface area (TPSA) is 139 Å². The van der Waals surface area contributed by atoms with Gasteiger partial charge in [0.25, 0.3) is 11.4 Å². The number of nitrogens with zero attached hydrogens (tertiary/aromatic N) is 2. The zero-order valence-electron chi connectivity index (χ0n) is 16.2.